The Hall–Kier alpha value is -1.10. The summed E-state index contributed by atoms with van der Waals surface area (Å²) in [6, 6.07) is -0.00270. The number of esters is 1. The molecule has 0 bridgehead atoms. The molecule has 0 spiro atoms. The first-order chi connectivity index (χ1) is 10.5. The number of amides is 1. The highest BCUT2D eigenvalue weighted by atomic mass is 16.6. The number of hydrogen-bond acceptors (Lipinski definition) is 4. The minimum Gasteiger partial charge on any atom is -0.460 e. The lowest BCUT2D eigenvalue weighted by atomic mass is 9.84. The predicted octanol–water partition coefficient (Wildman–Crippen LogP) is 2.51. The summed E-state index contributed by atoms with van der Waals surface area (Å²) in [6.07, 6.45) is 2.14. The number of ether oxygens (including phenoxy) is 1. The first kappa shape index (κ1) is 19.9. The molecule has 1 fully saturated rings. The Labute approximate surface area is 140 Å². The van der Waals surface area contributed by atoms with Crippen molar-refractivity contribution < 1.29 is 19.4 Å². The maximum atomic E-state index is 12.3. The molecule has 1 saturated carbocycles. The largest absolute Gasteiger partial charge is 0.460 e. The van der Waals surface area contributed by atoms with Gasteiger partial charge in [-0.2, -0.15) is 0 Å². The summed E-state index contributed by atoms with van der Waals surface area (Å²) in [5.74, 6) is 0.135. The smallest absolute Gasteiger partial charge is 0.309 e. The fourth-order valence-electron chi connectivity index (χ4n) is 3.55. The van der Waals surface area contributed by atoms with Crippen molar-refractivity contribution in [2.75, 3.05) is 6.61 Å². The van der Waals surface area contributed by atoms with Crippen molar-refractivity contribution in [2.45, 2.75) is 72.4 Å². The van der Waals surface area contributed by atoms with Gasteiger partial charge in [-0.05, 0) is 57.8 Å². The van der Waals surface area contributed by atoms with Gasteiger partial charge in [-0.25, -0.2) is 0 Å². The molecule has 0 unspecified atom stereocenters. The van der Waals surface area contributed by atoms with E-state index < -0.39 is 5.60 Å². The number of hydrogen-bond donors (Lipinski definition) is 2. The average Bonchev–Trinajstić information content (AvgIpc) is 2.78. The number of rotatable bonds is 6. The molecular weight excluding hydrogens is 294 g/mol. The van der Waals surface area contributed by atoms with Gasteiger partial charge in [0, 0.05) is 19.6 Å². The summed E-state index contributed by atoms with van der Waals surface area (Å²) in [7, 11) is 0. The van der Waals surface area contributed by atoms with E-state index in [1.54, 1.807) is 0 Å². The predicted molar refractivity (Wildman–Crippen MR) is 89.7 cm³/mol. The lowest BCUT2D eigenvalue weighted by molar-refractivity contribution is -0.159. The van der Waals surface area contributed by atoms with Crippen LogP contribution in [0.25, 0.3) is 0 Å². The van der Waals surface area contributed by atoms with Crippen LogP contribution >= 0.6 is 0 Å². The fraction of sp³-hybridized carbons (Fsp3) is 0.889. The first-order valence-electron chi connectivity index (χ1n) is 8.64. The first-order valence-corrected chi connectivity index (χ1v) is 8.64. The molecule has 0 aromatic heterocycles. The van der Waals surface area contributed by atoms with E-state index in [9.17, 15) is 14.7 Å². The maximum absolute atomic E-state index is 12.3. The summed E-state index contributed by atoms with van der Waals surface area (Å²) in [5, 5.41) is 12.7. The average molecular weight is 327 g/mol. The molecule has 5 heteroatoms. The second-order valence-corrected chi connectivity index (χ2v) is 8.24. The van der Waals surface area contributed by atoms with Crippen molar-refractivity contribution in [3.63, 3.8) is 0 Å². The lowest BCUT2D eigenvalue weighted by Crippen LogP contribution is -2.42. The quantitative estimate of drug-likeness (QED) is 0.735. The fourth-order valence-corrected chi connectivity index (χ4v) is 3.55. The van der Waals surface area contributed by atoms with Crippen molar-refractivity contribution in [1.82, 2.24) is 5.32 Å². The highest BCUT2D eigenvalue weighted by Crippen LogP contribution is 2.40. The topological polar surface area (TPSA) is 75.6 Å². The van der Waals surface area contributed by atoms with Gasteiger partial charge in [0.2, 0.25) is 5.91 Å². The van der Waals surface area contributed by atoms with Crippen molar-refractivity contribution in [3.05, 3.63) is 0 Å². The van der Waals surface area contributed by atoms with E-state index >= 15 is 0 Å². The summed E-state index contributed by atoms with van der Waals surface area (Å²) < 4.78 is 5.50. The molecule has 0 aliphatic heterocycles. The molecule has 23 heavy (non-hydrogen) atoms. The molecule has 0 heterocycles. The molecule has 0 saturated heterocycles. The van der Waals surface area contributed by atoms with Crippen molar-refractivity contribution in [2.24, 2.45) is 23.7 Å². The molecule has 5 nitrogen and oxygen atoms in total. The van der Waals surface area contributed by atoms with E-state index in [1.165, 1.54) is 6.92 Å². The van der Waals surface area contributed by atoms with Crippen LogP contribution in [0, 0.1) is 23.7 Å². The zero-order chi connectivity index (χ0) is 17.8. The number of aliphatic hydroxyl groups is 1. The third kappa shape index (κ3) is 6.50. The van der Waals surface area contributed by atoms with Crippen LogP contribution in [-0.4, -0.2) is 35.2 Å². The van der Waals surface area contributed by atoms with Crippen LogP contribution in [0.1, 0.15) is 60.8 Å². The van der Waals surface area contributed by atoms with Crippen LogP contribution < -0.4 is 5.32 Å². The van der Waals surface area contributed by atoms with Crippen LogP contribution in [0.15, 0.2) is 0 Å². The molecule has 1 aliphatic rings. The molecule has 0 aromatic rings. The van der Waals surface area contributed by atoms with E-state index in [4.69, 9.17) is 4.74 Å². The Morgan fingerprint density at radius 1 is 1.26 bits per heavy atom. The summed E-state index contributed by atoms with van der Waals surface area (Å²) in [4.78, 5) is 23.9. The molecular formula is C18H33NO4. The van der Waals surface area contributed by atoms with Gasteiger partial charge in [-0.1, -0.05) is 13.8 Å². The number of nitrogens with one attached hydrogen (secondary N) is 1. The van der Waals surface area contributed by atoms with Gasteiger partial charge in [0.1, 0.15) is 5.60 Å². The third-order valence-electron chi connectivity index (χ3n) is 4.35. The van der Waals surface area contributed by atoms with Crippen molar-refractivity contribution in [1.29, 1.82) is 0 Å². The standard InChI is InChI=1S/C18H33NO4/c1-11(2)7-16(19-12(3)21)15-9-13(8-14(15)10-20)17(22)23-18(4,5)6/h11,13-16,20H,7-10H2,1-6H3,(H,19,21)/t13-,14-,15+,16-/m0/s1. The van der Waals surface area contributed by atoms with E-state index in [1.807, 2.05) is 20.8 Å². The molecule has 1 aliphatic carbocycles. The lowest BCUT2D eigenvalue weighted by Gasteiger charge is -2.29. The summed E-state index contributed by atoms with van der Waals surface area (Å²) in [6.45, 7) is 11.4. The summed E-state index contributed by atoms with van der Waals surface area (Å²) in [5.41, 5.74) is -0.501. The molecule has 4 atom stereocenters. The second kappa shape index (κ2) is 8.13. The van der Waals surface area contributed by atoms with Crippen LogP contribution in [0.3, 0.4) is 0 Å². The zero-order valence-electron chi connectivity index (χ0n) is 15.4. The van der Waals surface area contributed by atoms with Gasteiger partial charge in [0.05, 0.1) is 5.92 Å². The van der Waals surface area contributed by atoms with Gasteiger partial charge >= 0.3 is 5.97 Å². The Bertz CT molecular complexity index is 414. The molecule has 0 radical (unpaired) electrons. The number of carbonyl (C=O) groups excluding carboxylic acids is 2. The van der Waals surface area contributed by atoms with Crippen molar-refractivity contribution in [3.8, 4) is 0 Å². The van der Waals surface area contributed by atoms with Gasteiger partial charge < -0.3 is 15.2 Å². The minimum absolute atomic E-state index is 0.00270. The second-order valence-electron chi connectivity index (χ2n) is 8.24. The SMILES string of the molecule is CC(=O)N[C@@H](CC(C)C)[C@@H]1C[C@@H](C(=O)OC(C)(C)C)C[C@H]1CO. The highest BCUT2D eigenvalue weighted by molar-refractivity contribution is 5.74. The Morgan fingerprint density at radius 2 is 1.87 bits per heavy atom. The van der Waals surface area contributed by atoms with Crippen LogP contribution in [-0.2, 0) is 14.3 Å². The monoisotopic (exact) mass is 327 g/mol. The van der Waals surface area contributed by atoms with Gasteiger partial charge in [-0.15, -0.1) is 0 Å². The number of aliphatic hydroxyl groups excluding tert-OH is 1. The Kier molecular flexibility index (Phi) is 7.05. The molecule has 134 valence electrons. The molecule has 1 rings (SSSR count). The normalized spacial score (nSPS) is 26.2. The zero-order valence-corrected chi connectivity index (χ0v) is 15.4. The van der Waals surface area contributed by atoms with E-state index in [2.05, 4.69) is 19.2 Å². The van der Waals surface area contributed by atoms with Gasteiger partial charge in [-0.3, -0.25) is 9.59 Å². The highest BCUT2D eigenvalue weighted by Gasteiger charge is 2.43. The van der Waals surface area contributed by atoms with E-state index in [0.29, 0.717) is 18.8 Å². The summed E-state index contributed by atoms with van der Waals surface area (Å²) >= 11 is 0. The minimum atomic E-state index is -0.501. The van der Waals surface area contributed by atoms with Crippen LogP contribution in [0.4, 0.5) is 0 Å². The maximum Gasteiger partial charge on any atom is 0.309 e. The third-order valence-corrected chi connectivity index (χ3v) is 4.35. The van der Waals surface area contributed by atoms with Crippen LogP contribution in [0.5, 0.6) is 0 Å². The van der Waals surface area contributed by atoms with Crippen molar-refractivity contribution >= 4 is 11.9 Å². The molecule has 1 amide bonds. The van der Waals surface area contributed by atoms with Crippen LogP contribution in [0.2, 0.25) is 0 Å². The van der Waals surface area contributed by atoms with Gasteiger partial charge in [0.15, 0.2) is 0 Å². The Balaban J connectivity index is 2.83. The van der Waals surface area contributed by atoms with E-state index in [-0.39, 0.29) is 42.3 Å². The Morgan fingerprint density at radius 3 is 2.30 bits per heavy atom. The van der Waals surface area contributed by atoms with Gasteiger partial charge in [0.25, 0.3) is 0 Å². The number of carbonyl (C=O) groups is 2. The molecule has 0 aromatic carbocycles. The van der Waals surface area contributed by atoms with E-state index in [0.717, 1.165) is 6.42 Å². The molecule has 2 N–H and O–H groups in total.